The number of hydrogen-bond donors (Lipinski definition) is 0. The summed E-state index contributed by atoms with van der Waals surface area (Å²) in [5.41, 5.74) is 3.67. The van der Waals surface area contributed by atoms with Gasteiger partial charge in [-0.2, -0.15) is 5.10 Å². The van der Waals surface area contributed by atoms with Crippen molar-refractivity contribution in [2.24, 2.45) is 5.10 Å². The van der Waals surface area contributed by atoms with E-state index in [1.807, 2.05) is 42.5 Å². The number of halogens is 2. The molecule has 3 aromatic carbocycles. The highest BCUT2D eigenvalue weighted by Gasteiger charge is 2.48. The molecule has 5 heteroatoms. The van der Waals surface area contributed by atoms with Crippen LogP contribution in [0, 0.1) is 0 Å². The van der Waals surface area contributed by atoms with Crippen molar-refractivity contribution < 1.29 is 4.74 Å². The number of nitrogens with zero attached hydrogens (tertiary/aromatic N) is 2. The van der Waals surface area contributed by atoms with Crippen LogP contribution in [-0.2, 0) is 5.72 Å². The number of hydrogen-bond acceptors (Lipinski definition) is 3. The summed E-state index contributed by atoms with van der Waals surface area (Å²) in [6, 6.07) is 24.5. The lowest BCUT2D eigenvalue weighted by atomic mass is 9.92. The molecule has 0 spiro atoms. The Bertz CT molecular complexity index is 1070. The molecule has 0 saturated heterocycles. The fraction of sp³-hybridized carbons (Fsp3) is 0.174. The molecule has 0 bridgehead atoms. The monoisotopic (exact) mass is 452 g/mol. The summed E-state index contributed by atoms with van der Waals surface area (Å²) in [6.45, 7) is 2.08. The summed E-state index contributed by atoms with van der Waals surface area (Å²) in [4.78, 5) is 0. The number of hydrazone groups is 1. The standard InChI is InChI=1S/C23H18BrClN2O/c1-23(16-7-10-18(25)11-8-16)27-21(19-13-17(24)9-12-22(19)28-23)14-20(26-27)15-5-3-2-4-6-15/h2-13,21H,14H2,1H3/t21-,23+/m1/s1. The molecule has 2 atom stereocenters. The van der Waals surface area contributed by atoms with Crippen LogP contribution in [0.2, 0.25) is 5.02 Å². The van der Waals surface area contributed by atoms with Crippen LogP contribution in [0.25, 0.3) is 0 Å². The quantitative estimate of drug-likeness (QED) is 0.441. The van der Waals surface area contributed by atoms with Gasteiger partial charge in [0.2, 0.25) is 5.72 Å². The zero-order valence-electron chi connectivity index (χ0n) is 15.3. The van der Waals surface area contributed by atoms with E-state index in [9.17, 15) is 0 Å². The Labute approximate surface area is 177 Å². The predicted molar refractivity (Wildman–Crippen MR) is 116 cm³/mol. The highest BCUT2D eigenvalue weighted by molar-refractivity contribution is 9.10. The van der Waals surface area contributed by atoms with Crippen LogP contribution in [0.5, 0.6) is 5.75 Å². The maximum absolute atomic E-state index is 6.55. The third-order valence-corrected chi connectivity index (χ3v) is 6.22. The fourth-order valence-electron chi connectivity index (χ4n) is 4.03. The zero-order chi connectivity index (χ0) is 19.3. The van der Waals surface area contributed by atoms with Crippen LogP contribution in [-0.4, -0.2) is 10.7 Å². The van der Waals surface area contributed by atoms with Crippen molar-refractivity contribution in [1.82, 2.24) is 5.01 Å². The van der Waals surface area contributed by atoms with Gasteiger partial charge in [-0.1, -0.05) is 70.0 Å². The van der Waals surface area contributed by atoms with Gasteiger partial charge in [0.1, 0.15) is 5.75 Å². The van der Waals surface area contributed by atoms with Gasteiger partial charge >= 0.3 is 0 Å². The molecule has 28 heavy (non-hydrogen) atoms. The first-order valence-electron chi connectivity index (χ1n) is 9.21. The van der Waals surface area contributed by atoms with Crippen LogP contribution < -0.4 is 4.74 Å². The maximum atomic E-state index is 6.55. The molecular formula is C23H18BrClN2O. The van der Waals surface area contributed by atoms with Crippen molar-refractivity contribution in [3.63, 3.8) is 0 Å². The molecule has 0 aliphatic carbocycles. The molecule has 0 saturated carbocycles. The first-order chi connectivity index (χ1) is 13.5. The van der Waals surface area contributed by atoms with Crippen LogP contribution in [0.4, 0.5) is 0 Å². The van der Waals surface area contributed by atoms with Crippen LogP contribution in [0.3, 0.4) is 0 Å². The molecule has 3 aromatic rings. The molecule has 2 heterocycles. The van der Waals surface area contributed by atoms with Crippen molar-refractivity contribution in [2.75, 3.05) is 0 Å². The minimum atomic E-state index is -0.716. The summed E-state index contributed by atoms with van der Waals surface area (Å²) in [5.74, 6) is 0.895. The van der Waals surface area contributed by atoms with Crippen molar-refractivity contribution in [3.8, 4) is 5.75 Å². The highest BCUT2D eigenvalue weighted by Crippen LogP contribution is 2.50. The molecule has 2 aliphatic heterocycles. The minimum Gasteiger partial charge on any atom is -0.462 e. The fourth-order valence-corrected chi connectivity index (χ4v) is 4.54. The lowest BCUT2D eigenvalue weighted by Crippen LogP contribution is -2.48. The van der Waals surface area contributed by atoms with Crippen LogP contribution in [0.1, 0.15) is 36.1 Å². The van der Waals surface area contributed by atoms with E-state index in [1.165, 1.54) is 0 Å². The van der Waals surface area contributed by atoms with E-state index in [1.54, 1.807) is 0 Å². The Kier molecular flexibility index (Phi) is 4.22. The van der Waals surface area contributed by atoms with Crippen molar-refractivity contribution in [1.29, 1.82) is 0 Å². The second kappa shape index (κ2) is 6.64. The van der Waals surface area contributed by atoms with E-state index >= 15 is 0 Å². The van der Waals surface area contributed by atoms with Gasteiger partial charge in [0, 0.05) is 34.0 Å². The number of fused-ring (bicyclic) bond motifs is 3. The molecule has 0 unspecified atom stereocenters. The summed E-state index contributed by atoms with van der Waals surface area (Å²) < 4.78 is 7.59. The molecule has 0 fully saturated rings. The minimum absolute atomic E-state index is 0.108. The topological polar surface area (TPSA) is 24.8 Å². The van der Waals surface area contributed by atoms with E-state index < -0.39 is 5.72 Å². The average molecular weight is 454 g/mol. The molecule has 5 rings (SSSR count). The Morgan fingerprint density at radius 1 is 1.07 bits per heavy atom. The van der Waals surface area contributed by atoms with Crippen molar-refractivity contribution in [3.05, 3.63) is 99.0 Å². The maximum Gasteiger partial charge on any atom is 0.221 e. The Hall–Kier alpha value is -2.30. The third kappa shape index (κ3) is 2.83. The molecule has 0 aromatic heterocycles. The largest absolute Gasteiger partial charge is 0.462 e. The number of benzene rings is 3. The normalized spacial score (nSPS) is 22.9. The Morgan fingerprint density at radius 2 is 1.82 bits per heavy atom. The van der Waals surface area contributed by atoms with E-state index in [0.717, 1.165) is 39.0 Å². The van der Waals surface area contributed by atoms with Gasteiger partial charge in [0.05, 0.1) is 11.8 Å². The molecule has 140 valence electrons. The van der Waals surface area contributed by atoms with Gasteiger partial charge < -0.3 is 4.74 Å². The molecule has 0 N–H and O–H groups in total. The SMILES string of the molecule is C[C@@]1(c2ccc(Cl)cc2)Oc2ccc(Br)cc2[C@H]2CC(c3ccccc3)=NN21. The van der Waals surface area contributed by atoms with Crippen molar-refractivity contribution >= 4 is 33.2 Å². The number of ether oxygens (including phenoxy) is 1. The van der Waals surface area contributed by atoms with Gasteiger partial charge in [-0.25, -0.2) is 5.01 Å². The van der Waals surface area contributed by atoms with Crippen LogP contribution >= 0.6 is 27.5 Å². The summed E-state index contributed by atoms with van der Waals surface area (Å²) in [7, 11) is 0. The first-order valence-corrected chi connectivity index (χ1v) is 10.4. The average Bonchev–Trinajstić information content (AvgIpc) is 3.17. The lowest BCUT2D eigenvalue weighted by molar-refractivity contribution is -0.112. The third-order valence-electron chi connectivity index (χ3n) is 5.47. The van der Waals surface area contributed by atoms with Crippen molar-refractivity contribution in [2.45, 2.75) is 25.1 Å². The second-order valence-corrected chi connectivity index (χ2v) is 8.60. The zero-order valence-corrected chi connectivity index (χ0v) is 17.6. The van der Waals surface area contributed by atoms with E-state index in [-0.39, 0.29) is 6.04 Å². The second-order valence-electron chi connectivity index (χ2n) is 7.25. The van der Waals surface area contributed by atoms with Gasteiger partial charge in [-0.15, -0.1) is 0 Å². The van der Waals surface area contributed by atoms with E-state index in [2.05, 4.69) is 58.2 Å². The predicted octanol–water partition coefficient (Wildman–Crippen LogP) is 6.52. The molecule has 2 aliphatic rings. The molecule has 0 radical (unpaired) electrons. The van der Waals surface area contributed by atoms with Gasteiger partial charge in [0.15, 0.2) is 0 Å². The highest BCUT2D eigenvalue weighted by atomic mass is 79.9. The lowest BCUT2D eigenvalue weighted by Gasteiger charge is -2.46. The summed E-state index contributed by atoms with van der Waals surface area (Å²) >= 11 is 9.72. The summed E-state index contributed by atoms with van der Waals surface area (Å²) in [5, 5.41) is 7.85. The Morgan fingerprint density at radius 3 is 2.57 bits per heavy atom. The number of rotatable bonds is 2. The van der Waals surface area contributed by atoms with Gasteiger partial charge in [0.25, 0.3) is 0 Å². The summed E-state index contributed by atoms with van der Waals surface area (Å²) in [6.07, 6.45) is 0.833. The first kappa shape index (κ1) is 17.8. The van der Waals surface area contributed by atoms with E-state index in [4.69, 9.17) is 21.4 Å². The molecular weight excluding hydrogens is 436 g/mol. The van der Waals surface area contributed by atoms with Crippen LogP contribution in [0.15, 0.2) is 82.4 Å². The van der Waals surface area contributed by atoms with Gasteiger partial charge in [-0.05, 0) is 35.9 Å². The molecule has 0 amide bonds. The molecule has 3 nitrogen and oxygen atoms in total. The van der Waals surface area contributed by atoms with Gasteiger partial charge in [-0.3, -0.25) is 0 Å². The van der Waals surface area contributed by atoms with E-state index in [0.29, 0.717) is 5.02 Å². The Balaban J connectivity index is 1.66. The smallest absolute Gasteiger partial charge is 0.221 e.